The maximum Gasteiger partial charge on any atom is 0.305 e. The number of esters is 2. The summed E-state index contributed by atoms with van der Waals surface area (Å²) in [5, 5.41) is 39.8. The zero-order valence-corrected chi connectivity index (χ0v) is 25.4. The number of hydrogen-bond donors (Lipinski definition) is 4. The smallest absolute Gasteiger partial charge is 0.305 e. The van der Waals surface area contributed by atoms with Crippen LogP contribution in [0.1, 0.15) is 110 Å². The van der Waals surface area contributed by atoms with Gasteiger partial charge in [-0.05, 0) is 25.7 Å². The van der Waals surface area contributed by atoms with Gasteiger partial charge in [0.1, 0.15) is 19.3 Å². The Kier molecular flexibility index (Phi) is 26.4. The van der Waals surface area contributed by atoms with Crippen LogP contribution in [0.2, 0.25) is 0 Å². The highest BCUT2D eigenvalue weighted by Crippen LogP contribution is 2.10. The van der Waals surface area contributed by atoms with Gasteiger partial charge >= 0.3 is 11.9 Å². The van der Waals surface area contributed by atoms with Crippen molar-refractivity contribution in [1.29, 1.82) is 0 Å². The van der Waals surface area contributed by atoms with Crippen LogP contribution in [0.5, 0.6) is 0 Å². The lowest BCUT2D eigenvalue weighted by atomic mass is 10.1. The number of unbranched alkanes of at least 4 members (excludes halogenated alkanes) is 8. The fourth-order valence-corrected chi connectivity index (χ4v) is 3.88. The van der Waals surface area contributed by atoms with Crippen molar-refractivity contribution in [1.82, 2.24) is 0 Å². The number of aliphatic hydroxyl groups excluding tert-OH is 4. The van der Waals surface area contributed by atoms with Crippen LogP contribution < -0.4 is 0 Å². The van der Waals surface area contributed by atoms with Crippen LogP contribution in [0.3, 0.4) is 0 Å². The van der Waals surface area contributed by atoms with E-state index < -0.39 is 30.4 Å². The van der Waals surface area contributed by atoms with Crippen molar-refractivity contribution in [3.63, 3.8) is 0 Å². The molecule has 0 aromatic rings. The van der Waals surface area contributed by atoms with E-state index in [1.54, 1.807) is 42.5 Å². The van der Waals surface area contributed by atoms with Gasteiger partial charge in [0.2, 0.25) is 0 Å². The van der Waals surface area contributed by atoms with Gasteiger partial charge in [-0.15, -0.1) is 0 Å². The second-order valence-electron chi connectivity index (χ2n) is 10.4. The van der Waals surface area contributed by atoms with E-state index in [0.29, 0.717) is 12.8 Å². The molecule has 0 aromatic heterocycles. The first-order chi connectivity index (χ1) is 19.8. The molecule has 0 fully saturated rings. The molecule has 0 unspecified atom stereocenters. The molecule has 0 spiro atoms. The molecule has 0 aromatic carbocycles. The van der Waals surface area contributed by atoms with Gasteiger partial charge in [-0.3, -0.25) is 9.59 Å². The summed E-state index contributed by atoms with van der Waals surface area (Å²) in [7, 11) is 0. The van der Waals surface area contributed by atoms with Crippen molar-refractivity contribution in [3.8, 4) is 0 Å². The maximum absolute atomic E-state index is 11.9. The fourth-order valence-electron chi connectivity index (χ4n) is 3.88. The Bertz CT molecular complexity index is 758. The van der Waals surface area contributed by atoms with Crippen molar-refractivity contribution < 1.29 is 39.5 Å². The number of rotatable bonds is 26. The molecule has 0 rings (SSSR count). The summed E-state index contributed by atoms with van der Waals surface area (Å²) in [4.78, 5) is 23.7. The highest BCUT2D eigenvalue weighted by atomic mass is 16.6. The maximum atomic E-state index is 11.9. The van der Waals surface area contributed by atoms with Crippen molar-refractivity contribution in [3.05, 3.63) is 48.6 Å². The van der Waals surface area contributed by atoms with Crippen LogP contribution in [-0.4, -0.2) is 70.0 Å². The summed E-state index contributed by atoms with van der Waals surface area (Å²) < 4.78 is 10.0. The third kappa shape index (κ3) is 26.4. The van der Waals surface area contributed by atoms with E-state index in [1.807, 2.05) is 0 Å². The van der Waals surface area contributed by atoms with Crippen molar-refractivity contribution in [2.45, 2.75) is 135 Å². The van der Waals surface area contributed by atoms with Gasteiger partial charge in [0.15, 0.2) is 0 Å². The van der Waals surface area contributed by atoms with Crippen molar-refractivity contribution in [2.75, 3.05) is 13.2 Å². The second kappa shape index (κ2) is 27.9. The summed E-state index contributed by atoms with van der Waals surface area (Å²) in [6.07, 6.45) is 22.7. The molecule has 0 aliphatic heterocycles. The standard InChI is InChI=1S/C33H56O8/c1-3-5-7-8-9-14-18-24-32(38)40-26-29(35)27-41-33(39)25-19-23-31(37)30(36)22-17-13-11-10-12-16-21-28(34)20-15-6-4-2/h10-13,16-17,21-22,28-31,34-37H,3-9,14-15,18-20,23-27H2,1-2H3/b12-10-,13-11+,21-16+,22-17+/t28-,29-,30-,31-/m1/s1. The Hall–Kier alpha value is -2.26. The molecule has 0 aliphatic carbocycles. The summed E-state index contributed by atoms with van der Waals surface area (Å²) in [5.41, 5.74) is 0. The van der Waals surface area contributed by atoms with E-state index in [9.17, 15) is 30.0 Å². The lowest BCUT2D eigenvalue weighted by Crippen LogP contribution is -2.26. The lowest BCUT2D eigenvalue weighted by Gasteiger charge is -2.14. The molecule has 0 heterocycles. The largest absolute Gasteiger partial charge is 0.463 e. The average molecular weight is 581 g/mol. The highest BCUT2D eigenvalue weighted by Gasteiger charge is 2.15. The molecule has 0 aliphatic rings. The summed E-state index contributed by atoms with van der Waals surface area (Å²) >= 11 is 0. The number of carbonyl (C=O) groups excluding carboxylic acids is 2. The van der Waals surface area contributed by atoms with Crippen LogP contribution in [-0.2, 0) is 19.1 Å². The van der Waals surface area contributed by atoms with Crippen molar-refractivity contribution in [2.24, 2.45) is 0 Å². The SMILES string of the molecule is CCCCCCCCCC(=O)OC[C@@H](O)COC(=O)CCC[C@@H](O)[C@H](O)/C=C/C=C/C=C\C=C\[C@H](O)CCCCC. The number of hydrogen-bond acceptors (Lipinski definition) is 8. The Morgan fingerprint density at radius 2 is 1.07 bits per heavy atom. The quantitative estimate of drug-likeness (QED) is 0.0588. The number of carbonyl (C=O) groups is 2. The third-order valence-electron chi connectivity index (χ3n) is 6.43. The number of aliphatic hydroxyl groups is 4. The molecule has 4 atom stereocenters. The van der Waals surface area contributed by atoms with Crippen LogP contribution in [0.15, 0.2) is 48.6 Å². The first-order valence-corrected chi connectivity index (χ1v) is 15.5. The van der Waals surface area contributed by atoms with Crippen LogP contribution >= 0.6 is 0 Å². The zero-order valence-electron chi connectivity index (χ0n) is 25.4. The number of ether oxygens (including phenoxy) is 2. The van der Waals surface area contributed by atoms with Crippen LogP contribution in [0.25, 0.3) is 0 Å². The molecule has 0 saturated carbocycles. The second-order valence-corrected chi connectivity index (χ2v) is 10.4. The van der Waals surface area contributed by atoms with Gasteiger partial charge in [-0.25, -0.2) is 0 Å². The average Bonchev–Trinajstić information content (AvgIpc) is 2.95. The lowest BCUT2D eigenvalue weighted by molar-refractivity contribution is -0.152. The molecule has 0 bridgehead atoms. The van der Waals surface area contributed by atoms with Gasteiger partial charge < -0.3 is 29.9 Å². The summed E-state index contributed by atoms with van der Waals surface area (Å²) in [6, 6.07) is 0. The van der Waals surface area contributed by atoms with E-state index in [4.69, 9.17) is 9.47 Å². The van der Waals surface area contributed by atoms with E-state index in [0.717, 1.165) is 44.9 Å². The molecule has 41 heavy (non-hydrogen) atoms. The topological polar surface area (TPSA) is 134 Å². The Labute approximate surface area is 247 Å². The first-order valence-electron chi connectivity index (χ1n) is 15.5. The monoisotopic (exact) mass is 580 g/mol. The van der Waals surface area contributed by atoms with E-state index in [-0.39, 0.29) is 32.0 Å². The van der Waals surface area contributed by atoms with Crippen LogP contribution in [0.4, 0.5) is 0 Å². The van der Waals surface area contributed by atoms with E-state index >= 15 is 0 Å². The van der Waals surface area contributed by atoms with Gasteiger partial charge in [-0.1, -0.05) is 120 Å². The third-order valence-corrected chi connectivity index (χ3v) is 6.43. The molecule has 8 nitrogen and oxygen atoms in total. The molecule has 0 amide bonds. The minimum Gasteiger partial charge on any atom is -0.463 e. The molecule has 4 N–H and O–H groups in total. The number of allylic oxidation sites excluding steroid dienone is 6. The Morgan fingerprint density at radius 1 is 0.585 bits per heavy atom. The molecule has 8 heteroatoms. The molecule has 0 saturated heterocycles. The zero-order chi connectivity index (χ0) is 30.6. The van der Waals surface area contributed by atoms with Gasteiger partial charge in [0, 0.05) is 12.8 Å². The minimum absolute atomic E-state index is 0.0315. The minimum atomic E-state index is -1.09. The van der Waals surface area contributed by atoms with Gasteiger partial charge in [0.05, 0.1) is 18.3 Å². The molecular formula is C33H56O8. The Balaban J connectivity index is 3.93. The Morgan fingerprint density at radius 3 is 1.68 bits per heavy atom. The van der Waals surface area contributed by atoms with E-state index in [2.05, 4.69) is 13.8 Å². The normalized spacial score (nSPS) is 15.2. The molecule has 0 radical (unpaired) electrons. The predicted octanol–water partition coefficient (Wildman–Crippen LogP) is 5.63. The highest BCUT2D eigenvalue weighted by molar-refractivity contribution is 5.69. The molecular weight excluding hydrogens is 524 g/mol. The first kappa shape index (κ1) is 38.7. The molecule has 236 valence electrons. The summed E-state index contributed by atoms with van der Waals surface area (Å²) in [6.45, 7) is 3.81. The van der Waals surface area contributed by atoms with Crippen LogP contribution in [0, 0.1) is 0 Å². The predicted molar refractivity (Wildman–Crippen MR) is 163 cm³/mol. The van der Waals surface area contributed by atoms with Gasteiger partial charge in [-0.2, -0.15) is 0 Å². The van der Waals surface area contributed by atoms with Crippen molar-refractivity contribution >= 4 is 11.9 Å². The van der Waals surface area contributed by atoms with Gasteiger partial charge in [0.25, 0.3) is 0 Å². The fraction of sp³-hybridized carbons (Fsp3) is 0.697. The summed E-state index contributed by atoms with van der Waals surface area (Å²) in [5.74, 6) is -0.896. The van der Waals surface area contributed by atoms with E-state index in [1.165, 1.54) is 31.8 Å².